The van der Waals surface area contributed by atoms with Gasteiger partial charge in [0, 0.05) is 0 Å². The molecule has 0 heterocycles. The van der Waals surface area contributed by atoms with E-state index in [1.807, 2.05) is 43.9 Å². The lowest BCUT2D eigenvalue weighted by molar-refractivity contribution is 0.246. The zero-order chi connectivity index (χ0) is 10.4. The van der Waals surface area contributed by atoms with Crippen LogP contribution >= 0.6 is 22.6 Å². The lowest BCUT2D eigenvalue weighted by Crippen LogP contribution is -2.09. The first-order valence-electron chi connectivity index (χ1n) is 4.29. The summed E-state index contributed by atoms with van der Waals surface area (Å²) < 4.78 is 2.00. The van der Waals surface area contributed by atoms with Crippen molar-refractivity contribution < 1.29 is 5.11 Å². The highest BCUT2D eigenvalue weighted by Gasteiger charge is 2.06. The van der Waals surface area contributed by atoms with E-state index in [1.165, 1.54) is 5.57 Å². The number of aliphatic hydroxyl groups excluding tert-OH is 1. The molecule has 0 aromatic carbocycles. The normalized spacial score (nSPS) is 17.5. The molecule has 0 amide bonds. The number of halogens is 1. The third kappa shape index (κ3) is 4.62. The first-order valence-corrected chi connectivity index (χ1v) is 5.53. The molecular formula is C11H17IO. The summed E-state index contributed by atoms with van der Waals surface area (Å²) in [5.74, 6) is 0. The molecule has 0 aliphatic rings. The summed E-state index contributed by atoms with van der Waals surface area (Å²) in [6.07, 6.45) is 3.51. The maximum atomic E-state index is 9.76. The van der Waals surface area contributed by atoms with Crippen LogP contribution in [-0.4, -0.2) is 11.2 Å². The Kier molecular flexibility index (Phi) is 6.33. The SMILES string of the molecule is C/C=C(\C)[C@@H](O)/C(C)=C/C(C)=C/I. The highest BCUT2D eigenvalue weighted by Crippen LogP contribution is 2.13. The average molecular weight is 292 g/mol. The molecular weight excluding hydrogens is 275 g/mol. The highest BCUT2D eigenvalue weighted by molar-refractivity contribution is 14.1. The van der Waals surface area contributed by atoms with Crippen molar-refractivity contribution >= 4 is 22.6 Å². The number of rotatable bonds is 3. The van der Waals surface area contributed by atoms with E-state index in [1.54, 1.807) is 0 Å². The van der Waals surface area contributed by atoms with Crippen LogP contribution in [0.2, 0.25) is 0 Å². The zero-order valence-electron chi connectivity index (χ0n) is 8.63. The predicted molar refractivity (Wildman–Crippen MR) is 67.0 cm³/mol. The molecule has 0 saturated carbocycles. The molecule has 0 saturated heterocycles. The Labute approximate surface area is 94.4 Å². The van der Waals surface area contributed by atoms with E-state index < -0.39 is 6.10 Å². The maximum Gasteiger partial charge on any atom is 0.0958 e. The molecule has 13 heavy (non-hydrogen) atoms. The van der Waals surface area contributed by atoms with Crippen molar-refractivity contribution in [1.29, 1.82) is 0 Å². The summed E-state index contributed by atoms with van der Waals surface area (Å²) in [6, 6.07) is 0. The van der Waals surface area contributed by atoms with Gasteiger partial charge in [-0.25, -0.2) is 0 Å². The minimum absolute atomic E-state index is 0.434. The fraction of sp³-hybridized carbons (Fsp3) is 0.455. The van der Waals surface area contributed by atoms with Crippen molar-refractivity contribution in [2.24, 2.45) is 0 Å². The van der Waals surface area contributed by atoms with E-state index in [-0.39, 0.29) is 0 Å². The summed E-state index contributed by atoms with van der Waals surface area (Å²) in [7, 11) is 0. The van der Waals surface area contributed by atoms with Gasteiger partial charge in [-0.3, -0.25) is 0 Å². The Morgan fingerprint density at radius 3 is 2.15 bits per heavy atom. The van der Waals surface area contributed by atoms with Gasteiger partial charge < -0.3 is 5.11 Å². The van der Waals surface area contributed by atoms with Crippen molar-refractivity contribution in [3.05, 3.63) is 33.0 Å². The molecule has 0 aromatic heterocycles. The Bertz CT molecular complexity index is 249. The Morgan fingerprint density at radius 2 is 1.77 bits per heavy atom. The first kappa shape index (κ1) is 12.9. The molecule has 0 aromatic rings. The fourth-order valence-electron chi connectivity index (χ4n) is 0.987. The average Bonchev–Trinajstić information content (AvgIpc) is 2.14. The molecule has 0 rings (SSSR count). The van der Waals surface area contributed by atoms with Gasteiger partial charge in [-0.1, -0.05) is 34.7 Å². The van der Waals surface area contributed by atoms with Gasteiger partial charge in [0.15, 0.2) is 0 Å². The fourth-order valence-corrected chi connectivity index (χ4v) is 1.17. The Morgan fingerprint density at radius 1 is 1.23 bits per heavy atom. The molecule has 0 bridgehead atoms. The van der Waals surface area contributed by atoms with Crippen molar-refractivity contribution in [3.8, 4) is 0 Å². The predicted octanol–water partition coefficient (Wildman–Crippen LogP) is 3.60. The van der Waals surface area contributed by atoms with Crippen molar-refractivity contribution in [1.82, 2.24) is 0 Å². The van der Waals surface area contributed by atoms with Crippen molar-refractivity contribution in [3.63, 3.8) is 0 Å². The monoisotopic (exact) mass is 292 g/mol. The number of hydrogen-bond acceptors (Lipinski definition) is 1. The minimum atomic E-state index is -0.434. The molecule has 1 N–H and O–H groups in total. The number of hydrogen-bond donors (Lipinski definition) is 1. The molecule has 2 heteroatoms. The molecule has 1 atom stereocenters. The second kappa shape index (κ2) is 6.38. The van der Waals surface area contributed by atoms with Crippen molar-refractivity contribution in [2.75, 3.05) is 0 Å². The van der Waals surface area contributed by atoms with Crippen LogP contribution in [0.5, 0.6) is 0 Å². The van der Waals surface area contributed by atoms with Crippen LogP contribution in [0, 0.1) is 0 Å². The van der Waals surface area contributed by atoms with Crippen LogP contribution in [-0.2, 0) is 0 Å². The highest BCUT2D eigenvalue weighted by atomic mass is 127. The third-order valence-electron chi connectivity index (χ3n) is 1.95. The van der Waals surface area contributed by atoms with Crippen molar-refractivity contribution in [2.45, 2.75) is 33.8 Å². The van der Waals surface area contributed by atoms with Gasteiger partial charge in [-0.05, 0) is 48.5 Å². The number of aliphatic hydroxyl groups is 1. The van der Waals surface area contributed by atoms with E-state index in [0.29, 0.717) is 0 Å². The van der Waals surface area contributed by atoms with Gasteiger partial charge in [-0.2, -0.15) is 0 Å². The standard InChI is InChI=1S/C11H17IO/c1-5-9(3)11(13)10(4)6-8(2)7-12/h5-7,11,13H,1-4H3/b8-7+,9-5+,10-6+/t11-/m1/s1. The first-order chi connectivity index (χ1) is 6.02. The summed E-state index contributed by atoms with van der Waals surface area (Å²) in [5, 5.41) is 9.76. The van der Waals surface area contributed by atoms with Gasteiger partial charge in [0.1, 0.15) is 0 Å². The molecule has 0 radical (unpaired) electrons. The topological polar surface area (TPSA) is 20.2 Å². The van der Waals surface area contributed by atoms with Gasteiger partial charge in [0.25, 0.3) is 0 Å². The van der Waals surface area contributed by atoms with E-state index in [0.717, 1.165) is 11.1 Å². The van der Waals surface area contributed by atoms with Crippen LogP contribution in [0.4, 0.5) is 0 Å². The van der Waals surface area contributed by atoms with Crippen LogP contribution in [0.3, 0.4) is 0 Å². The Hall–Kier alpha value is -0.0900. The summed E-state index contributed by atoms with van der Waals surface area (Å²) in [4.78, 5) is 0. The van der Waals surface area contributed by atoms with Gasteiger partial charge >= 0.3 is 0 Å². The van der Waals surface area contributed by atoms with Gasteiger partial charge in [0.05, 0.1) is 6.10 Å². The second-order valence-electron chi connectivity index (χ2n) is 3.18. The maximum absolute atomic E-state index is 9.76. The van der Waals surface area contributed by atoms with Crippen LogP contribution in [0.15, 0.2) is 33.0 Å². The van der Waals surface area contributed by atoms with Crippen LogP contribution < -0.4 is 0 Å². The molecule has 0 aliphatic heterocycles. The molecule has 74 valence electrons. The lowest BCUT2D eigenvalue weighted by atomic mass is 10.0. The smallest absolute Gasteiger partial charge is 0.0958 e. The quantitative estimate of drug-likeness (QED) is 0.479. The zero-order valence-corrected chi connectivity index (χ0v) is 10.8. The van der Waals surface area contributed by atoms with E-state index in [9.17, 15) is 5.11 Å². The van der Waals surface area contributed by atoms with E-state index >= 15 is 0 Å². The molecule has 0 unspecified atom stereocenters. The Balaban J connectivity index is 4.60. The molecule has 0 fully saturated rings. The molecule has 0 aliphatic carbocycles. The van der Waals surface area contributed by atoms with Crippen LogP contribution in [0.1, 0.15) is 27.7 Å². The lowest BCUT2D eigenvalue weighted by Gasteiger charge is -2.11. The van der Waals surface area contributed by atoms with E-state index in [2.05, 4.69) is 22.6 Å². The van der Waals surface area contributed by atoms with E-state index in [4.69, 9.17) is 0 Å². The second-order valence-corrected chi connectivity index (χ2v) is 3.80. The molecule has 1 nitrogen and oxygen atoms in total. The summed E-state index contributed by atoms with van der Waals surface area (Å²) >= 11 is 2.19. The van der Waals surface area contributed by atoms with Crippen LogP contribution in [0.25, 0.3) is 0 Å². The summed E-state index contributed by atoms with van der Waals surface area (Å²) in [6.45, 7) is 7.84. The largest absolute Gasteiger partial charge is 0.384 e. The minimum Gasteiger partial charge on any atom is -0.384 e. The molecule has 0 spiro atoms. The van der Waals surface area contributed by atoms with Gasteiger partial charge in [0.2, 0.25) is 0 Å². The third-order valence-corrected chi connectivity index (χ3v) is 2.93. The summed E-state index contributed by atoms with van der Waals surface area (Å²) in [5.41, 5.74) is 3.15. The van der Waals surface area contributed by atoms with Gasteiger partial charge in [-0.15, -0.1) is 0 Å². The number of allylic oxidation sites excluding steroid dienone is 3.